The minimum Gasteiger partial charge on any atom is -0.345 e. The Kier molecular flexibility index (Phi) is 4.19. The summed E-state index contributed by atoms with van der Waals surface area (Å²) in [4.78, 5) is 12.9. The number of aryl methyl sites for hydroxylation is 1. The van der Waals surface area contributed by atoms with Crippen LogP contribution in [0.3, 0.4) is 0 Å². The number of anilines is 1. The number of carbonyl (C=O) groups is 1. The van der Waals surface area contributed by atoms with Crippen LogP contribution in [0.5, 0.6) is 0 Å². The highest BCUT2D eigenvalue weighted by Crippen LogP contribution is 2.27. The zero-order chi connectivity index (χ0) is 19.0. The average molecular weight is 360 g/mol. The maximum Gasteiger partial charge on any atom is 0.255 e. The van der Waals surface area contributed by atoms with Gasteiger partial charge in [0.25, 0.3) is 5.91 Å². The number of nitrogens with one attached hydrogen (secondary N) is 1. The molecular formula is C20H20N6O. The second-order valence-corrected chi connectivity index (χ2v) is 6.76. The van der Waals surface area contributed by atoms with Crippen LogP contribution in [0.1, 0.15) is 35.8 Å². The molecular weight excluding hydrogens is 340 g/mol. The molecule has 0 radical (unpaired) electrons. The number of aromatic nitrogens is 5. The molecule has 2 aromatic heterocycles. The molecule has 0 aliphatic rings. The second kappa shape index (κ2) is 6.68. The molecule has 2 aromatic carbocycles. The Morgan fingerprint density at radius 1 is 1.15 bits per heavy atom. The van der Waals surface area contributed by atoms with Crippen LogP contribution in [0.25, 0.3) is 16.6 Å². The Balaban J connectivity index is 1.67. The van der Waals surface area contributed by atoms with Gasteiger partial charge in [0.05, 0.1) is 16.9 Å². The second-order valence-electron chi connectivity index (χ2n) is 6.76. The highest BCUT2D eigenvalue weighted by molar-refractivity contribution is 6.09. The van der Waals surface area contributed by atoms with Crippen LogP contribution in [-0.2, 0) is 0 Å². The Morgan fingerprint density at radius 3 is 2.74 bits per heavy atom. The molecule has 0 aliphatic carbocycles. The van der Waals surface area contributed by atoms with Crippen molar-refractivity contribution in [2.24, 2.45) is 0 Å². The molecule has 0 fully saturated rings. The smallest absolute Gasteiger partial charge is 0.255 e. The third-order valence-corrected chi connectivity index (χ3v) is 4.63. The van der Waals surface area contributed by atoms with Crippen LogP contribution in [0, 0.1) is 6.92 Å². The molecule has 0 unspecified atom stereocenters. The summed E-state index contributed by atoms with van der Waals surface area (Å²) >= 11 is 0. The van der Waals surface area contributed by atoms with Gasteiger partial charge in [-0.1, -0.05) is 12.1 Å². The van der Waals surface area contributed by atoms with Gasteiger partial charge in [-0.25, -0.2) is 4.68 Å². The van der Waals surface area contributed by atoms with Crippen molar-refractivity contribution in [1.29, 1.82) is 0 Å². The van der Waals surface area contributed by atoms with E-state index in [-0.39, 0.29) is 5.91 Å². The van der Waals surface area contributed by atoms with Crippen molar-refractivity contribution in [3.8, 4) is 5.69 Å². The van der Waals surface area contributed by atoms with Crippen LogP contribution in [0.15, 0.2) is 55.0 Å². The normalized spacial score (nSPS) is 11.3. The summed E-state index contributed by atoms with van der Waals surface area (Å²) in [5.74, 6) is -0.172. The average Bonchev–Trinajstić information content (AvgIpc) is 3.32. The first-order chi connectivity index (χ1) is 13.0. The third-order valence-electron chi connectivity index (χ3n) is 4.63. The van der Waals surface area contributed by atoms with Crippen LogP contribution in [0.4, 0.5) is 5.69 Å². The van der Waals surface area contributed by atoms with Gasteiger partial charge >= 0.3 is 0 Å². The van der Waals surface area contributed by atoms with E-state index in [9.17, 15) is 4.79 Å². The fraction of sp³-hybridized carbons (Fsp3) is 0.200. The molecule has 4 aromatic rings. The molecule has 1 N–H and O–H groups in total. The van der Waals surface area contributed by atoms with Gasteiger partial charge in [-0.05, 0) is 67.1 Å². The molecule has 27 heavy (non-hydrogen) atoms. The van der Waals surface area contributed by atoms with E-state index >= 15 is 0 Å². The Hall–Kier alpha value is -3.48. The number of carbonyl (C=O) groups excluding carboxylic acids is 1. The number of hydrogen-bond acceptors (Lipinski definition) is 4. The molecule has 0 saturated carbocycles. The van der Waals surface area contributed by atoms with E-state index in [0.29, 0.717) is 11.6 Å². The lowest BCUT2D eigenvalue weighted by atomic mass is 10.1. The van der Waals surface area contributed by atoms with E-state index in [1.165, 1.54) is 6.33 Å². The Labute approximate surface area is 156 Å². The minimum atomic E-state index is -0.172. The Morgan fingerprint density at radius 2 is 2.00 bits per heavy atom. The number of rotatable bonds is 4. The molecule has 2 heterocycles. The number of benzene rings is 2. The predicted octanol–water partition coefficient (Wildman–Crippen LogP) is 3.76. The molecule has 0 saturated heterocycles. The van der Waals surface area contributed by atoms with Crippen molar-refractivity contribution in [2.45, 2.75) is 26.8 Å². The van der Waals surface area contributed by atoms with Crippen molar-refractivity contribution in [3.63, 3.8) is 0 Å². The molecule has 4 rings (SSSR count). The van der Waals surface area contributed by atoms with Crippen molar-refractivity contribution in [2.75, 3.05) is 5.32 Å². The topological polar surface area (TPSA) is 77.6 Å². The summed E-state index contributed by atoms with van der Waals surface area (Å²) in [6, 6.07) is 13.8. The number of hydrogen-bond donors (Lipinski definition) is 1. The summed E-state index contributed by atoms with van der Waals surface area (Å²) in [5, 5.41) is 15.3. The quantitative estimate of drug-likeness (QED) is 0.601. The number of tetrazole rings is 1. The highest BCUT2D eigenvalue weighted by Gasteiger charge is 2.13. The fourth-order valence-electron chi connectivity index (χ4n) is 3.21. The lowest BCUT2D eigenvalue weighted by Gasteiger charge is -2.12. The van der Waals surface area contributed by atoms with Crippen molar-refractivity contribution >= 4 is 22.5 Å². The maximum absolute atomic E-state index is 12.9. The number of nitrogens with zero attached hydrogens (tertiary/aromatic N) is 5. The standard InChI is InChI=1S/C20H20N6O/c1-13(2)25-10-9-16-17(5-4-6-18(16)25)22-20(27)15-8-7-14(3)19(11-15)26-12-21-23-24-26/h4-13H,1-3H3,(H,22,27). The largest absolute Gasteiger partial charge is 0.345 e. The fourth-order valence-corrected chi connectivity index (χ4v) is 3.21. The van der Waals surface area contributed by atoms with Crippen LogP contribution in [0.2, 0.25) is 0 Å². The summed E-state index contributed by atoms with van der Waals surface area (Å²) in [6.45, 7) is 6.23. The number of amides is 1. The molecule has 0 bridgehead atoms. The molecule has 7 heteroatoms. The lowest BCUT2D eigenvalue weighted by molar-refractivity contribution is 0.102. The summed E-state index contributed by atoms with van der Waals surface area (Å²) < 4.78 is 3.74. The predicted molar refractivity (Wildman–Crippen MR) is 104 cm³/mol. The molecule has 0 atom stereocenters. The van der Waals surface area contributed by atoms with Crippen LogP contribution in [-0.4, -0.2) is 30.7 Å². The van der Waals surface area contributed by atoms with E-state index in [0.717, 1.165) is 27.8 Å². The first kappa shape index (κ1) is 17.0. The van der Waals surface area contributed by atoms with Crippen molar-refractivity contribution < 1.29 is 4.79 Å². The Bertz CT molecular complexity index is 1110. The first-order valence-electron chi connectivity index (χ1n) is 8.79. The highest BCUT2D eigenvalue weighted by atomic mass is 16.1. The van der Waals surface area contributed by atoms with Crippen molar-refractivity contribution in [1.82, 2.24) is 24.8 Å². The molecule has 0 spiro atoms. The molecule has 136 valence electrons. The molecule has 0 aliphatic heterocycles. The van der Waals surface area contributed by atoms with E-state index < -0.39 is 0 Å². The van der Waals surface area contributed by atoms with Gasteiger partial charge in [0.1, 0.15) is 6.33 Å². The van der Waals surface area contributed by atoms with Gasteiger partial charge in [-0.3, -0.25) is 4.79 Å². The van der Waals surface area contributed by atoms with Gasteiger partial charge < -0.3 is 9.88 Å². The van der Waals surface area contributed by atoms with E-state index in [2.05, 4.69) is 45.3 Å². The van der Waals surface area contributed by atoms with Crippen molar-refractivity contribution in [3.05, 3.63) is 66.1 Å². The lowest BCUT2D eigenvalue weighted by Crippen LogP contribution is -2.13. The van der Waals surface area contributed by atoms with Gasteiger partial charge in [0.15, 0.2) is 0 Å². The van der Waals surface area contributed by atoms with Gasteiger partial charge in [-0.2, -0.15) is 0 Å². The monoisotopic (exact) mass is 360 g/mol. The van der Waals surface area contributed by atoms with Gasteiger partial charge in [0, 0.05) is 23.2 Å². The molecule has 7 nitrogen and oxygen atoms in total. The third kappa shape index (κ3) is 3.08. The summed E-state index contributed by atoms with van der Waals surface area (Å²) in [7, 11) is 0. The van der Waals surface area contributed by atoms with E-state index in [1.54, 1.807) is 16.8 Å². The number of fused-ring (bicyclic) bond motifs is 1. The van der Waals surface area contributed by atoms with Crippen LogP contribution < -0.4 is 5.32 Å². The zero-order valence-corrected chi connectivity index (χ0v) is 15.4. The van der Waals surface area contributed by atoms with Crippen LogP contribution >= 0.6 is 0 Å². The minimum absolute atomic E-state index is 0.172. The van der Waals surface area contributed by atoms with Gasteiger partial charge in [0.2, 0.25) is 0 Å². The van der Waals surface area contributed by atoms with E-state index in [4.69, 9.17) is 0 Å². The first-order valence-corrected chi connectivity index (χ1v) is 8.79. The maximum atomic E-state index is 12.9. The SMILES string of the molecule is Cc1ccc(C(=O)Nc2cccc3c2ccn3C(C)C)cc1-n1cnnn1. The molecule has 1 amide bonds. The zero-order valence-electron chi connectivity index (χ0n) is 15.4. The van der Waals surface area contributed by atoms with E-state index in [1.807, 2.05) is 37.4 Å². The summed E-state index contributed by atoms with van der Waals surface area (Å²) in [5.41, 5.74) is 4.20. The van der Waals surface area contributed by atoms with Gasteiger partial charge in [-0.15, -0.1) is 5.10 Å². The summed E-state index contributed by atoms with van der Waals surface area (Å²) in [6.07, 6.45) is 3.56.